The molecule has 2 amide bonds. The number of rotatable bonds is 6. The highest BCUT2D eigenvalue weighted by molar-refractivity contribution is 6.42. The monoisotopic (exact) mass is 466 g/mol. The van der Waals surface area contributed by atoms with E-state index in [-0.39, 0.29) is 18.6 Å². The van der Waals surface area contributed by atoms with Gasteiger partial charge in [0.2, 0.25) is 0 Å². The van der Waals surface area contributed by atoms with E-state index in [0.717, 1.165) is 23.0 Å². The summed E-state index contributed by atoms with van der Waals surface area (Å²) in [5.41, 5.74) is 1.80. The highest BCUT2D eigenvalue weighted by Crippen LogP contribution is 2.38. The summed E-state index contributed by atoms with van der Waals surface area (Å²) < 4.78 is 0. The molecule has 164 valence electrons. The number of urea groups is 1. The molecule has 0 aliphatic carbocycles. The van der Waals surface area contributed by atoms with Gasteiger partial charge in [0.25, 0.3) is 0 Å². The fourth-order valence-electron chi connectivity index (χ4n) is 4.37. The van der Waals surface area contributed by atoms with Crippen molar-refractivity contribution >= 4 is 35.5 Å². The minimum Gasteiger partial charge on any atom is -0.319 e. The van der Waals surface area contributed by atoms with Crippen LogP contribution in [0.1, 0.15) is 23.6 Å². The van der Waals surface area contributed by atoms with E-state index in [1.165, 1.54) is 0 Å². The van der Waals surface area contributed by atoms with Crippen LogP contribution < -0.4 is 0 Å². The first-order chi connectivity index (χ1) is 15.4. The third-order valence-electron chi connectivity index (χ3n) is 6.26. The normalized spacial score (nSPS) is 21.0. The fourth-order valence-corrected chi connectivity index (χ4v) is 4.67. The summed E-state index contributed by atoms with van der Waals surface area (Å²) in [5.74, 6) is 0. The number of aldehydes is 1. The second-order valence-electron chi connectivity index (χ2n) is 8.20. The summed E-state index contributed by atoms with van der Waals surface area (Å²) in [4.78, 5) is 29.9. The Kier molecular flexibility index (Phi) is 6.54. The number of amides is 2. The van der Waals surface area contributed by atoms with E-state index in [4.69, 9.17) is 23.2 Å². The molecule has 0 bridgehead atoms. The zero-order chi connectivity index (χ0) is 22.7. The van der Waals surface area contributed by atoms with Gasteiger partial charge < -0.3 is 14.6 Å². The van der Waals surface area contributed by atoms with Gasteiger partial charge in [0.15, 0.2) is 0 Å². The Morgan fingerprint density at radius 3 is 2.06 bits per heavy atom. The number of benzene rings is 3. The molecule has 32 heavy (non-hydrogen) atoms. The van der Waals surface area contributed by atoms with Crippen molar-refractivity contribution in [2.24, 2.45) is 0 Å². The molecule has 6 heteroatoms. The molecule has 0 radical (unpaired) electrons. The summed E-state index contributed by atoms with van der Waals surface area (Å²) >= 11 is 12.5. The van der Waals surface area contributed by atoms with E-state index in [9.17, 15) is 9.59 Å². The third-order valence-corrected chi connectivity index (χ3v) is 7.00. The van der Waals surface area contributed by atoms with Gasteiger partial charge in [0.1, 0.15) is 6.29 Å². The van der Waals surface area contributed by atoms with Gasteiger partial charge in [-0.05, 0) is 35.7 Å². The first-order valence-corrected chi connectivity index (χ1v) is 11.3. The molecule has 0 aromatic heterocycles. The lowest BCUT2D eigenvalue weighted by atomic mass is 9.73. The molecule has 1 fully saturated rings. The number of carbonyl (C=O) groups is 2. The SMILES string of the molecule is CC1N(Cc2ccccc2)C(=O)N(Cc2ccccc2)CC1(C=O)c1ccc(Cl)c(Cl)c1. The van der Waals surface area contributed by atoms with Gasteiger partial charge in [-0.15, -0.1) is 0 Å². The Morgan fingerprint density at radius 2 is 1.50 bits per heavy atom. The predicted molar refractivity (Wildman–Crippen MR) is 128 cm³/mol. The lowest BCUT2D eigenvalue weighted by molar-refractivity contribution is -0.116. The predicted octanol–water partition coefficient (Wildman–Crippen LogP) is 5.96. The molecule has 1 saturated heterocycles. The van der Waals surface area contributed by atoms with Crippen molar-refractivity contribution in [1.82, 2.24) is 9.80 Å². The summed E-state index contributed by atoms with van der Waals surface area (Å²) in [6.45, 7) is 3.00. The zero-order valence-electron chi connectivity index (χ0n) is 17.7. The van der Waals surface area contributed by atoms with Crippen molar-refractivity contribution in [2.45, 2.75) is 31.5 Å². The van der Waals surface area contributed by atoms with Gasteiger partial charge in [-0.2, -0.15) is 0 Å². The van der Waals surface area contributed by atoms with Crippen molar-refractivity contribution in [1.29, 1.82) is 0 Å². The maximum atomic E-state index is 13.6. The Hall–Kier alpha value is -2.82. The van der Waals surface area contributed by atoms with Crippen molar-refractivity contribution in [3.8, 4) is 0 Å². The molecule has 2 atom stereocenters. The van der Waals surface area contributed by atoms with Crippen LogP contribution in [0.4, 0.5) is 4.79 Å². The first kappa shape index (κ1) is 22.4. The minimum absolute atomic E-state index is 0.0947. The molecule has 3 aromatic carbocycles. The van der Waals surface area contributed by atoms with E-state index < -0.39 is 5.41 Å². The lowest BCUT2D eigenvalue weighted by Crippen LogP contribution is -2.65. The quantitative estimate of drug-likeness (QED) is 0.420. The van der Waals surface area contributed by atoms with Crippen LogP contribution in [0.25, 0.3) is 0 Å². The largest absolute Gasteiger partial charge is 0.320 e. The smallest absolute Gasteiger partial charge is 0.319 e. The number of halogens is 2. The van der Waals surface area contributed by atoms with Gasteiger partial charge >= 0.3 is 6.03 Å². The number of hydrogen-bond acceptors (Lipinski definition) is 2. The summed E-state index contributed by atoms with van der Waals surface area (Å²) in [6, 6.07) is 24.4. The standard InChI is InChI=1S/C26H24Cl2N2O2/c1-19-26(18-31,22-12-13-23(27)24(28)14-22)17-29(15-20-8-4-2-5-9-20)25(32)30(19)16-21-10-6-3-7-11-21/h2-14,18-19H,15-17H2,1H3. The molecule has 0 spiro atoms. The van der Waals surface area contributed by atoms with E-state index >= 15 is 0 Å². The van der Waals surface area contributed by atoms with E-state index in [2.05, 4.69) is 0 Å². The summed E-state index contributed by atoms with van der Waals surface area (Å²) in [6.07, 6.45) is 0.958. The van der Waals surface area contributed by atoms with Crippen LogP contribution in [-0.4, -0.2) is 34.7 Å². The van der Waals surface area contributed by atoms with Crippen LogP contribution in [-0.2, 0) is 23.3 Å². The molecular formula is C26H24Cl2N2O2. The average Bonchev–Trinajstić information content (AvgIpc) is 2.82. The number of hydrogen-bond donors (Lipinski definition) is 0. The molecule has 0 N–H and O–H groups in total. The van der Waals surface area contributed by atoms with Gasteiger partial charge in [-0.1, -0.05) is 89.9 Å². The molecule has 4 nitrogen and oxygen atoms in total. The van der Waals surface area contributed by atoms with Gasteiger partial charge in [-0.3, -0.25) is 0 Å². The summed E-state index contributed by atoms with van der Waals surface area (Å²) in [5, 5.41) is 0.817. The minimum atomic E-state index is -0.953. The maximum absolute atomic E-state index is 13.6. The van der Waals surface area contributed by atoms with Gasteiger partial charge in [0.05, 0.1) is 15.5 Å². The van der Waals surface area contributed by atoms with E-state index in [1.54, 1.807) is 21.9 Å². The van der Waals surface area contributed by atoms with Crippen LogP contribution in [0.5, 0.6) is 0 Å². The Labute approximate surface area is 198 Å². The Balaban J connectivity index is 1.77. The van der Waals surface area contributed by atoms with Crippen molar-refractivity contribution in [3.05, 3.63) is 106 Å². The second-order valence-corrected chi connectivity index (χ2v) is 9.02. The first-order valence-electron chi connectivity index (χ1n) is 10.5. The average molecular weight is 467 g/mol. The maximum Gasteiger partial charge on any atom is 0.320 e. The highest BCUT2D eigenvalue weighted by atomic mass is 35.5. The lowest BCUT2D eigenvalue weighted by Gasteiger charge is -2.50. The van der Waals surface area contributed by atoms with E-state index in [0.29, 0.717) is 23.1 Å². The summed E-state index contributed by atoms with van der Waals surface area (Å²) in [7, 11) is 0. The molecule has 1 aliphatic heterocycles. The molecule has 4 rings (SSSR count). The van der Waals surface area contributed by atoms with Crippen LogP contribution in [0.3, 0.4) is 0 Å². The van der Waals surface area contributed by atoms with Gasteiger partial charge in [-0.25, -0.2) is 4.79 Å². The molecule has 1 heterocycles. The van der Waals surface area contributed by atoms with Crippen molar-refractivity contribution in [2.75, 3.05) is 6.54 Å². The number of carbonyl (C=O) groups excluding carboxylic acids is 2. The molecule has 3 aromatic rings. The second kappa shape index (κ2) is 9.35. The van der Waals surface area contributed by atoms with Crippen molar-refractivity contribution in [3.63, 3.8) is 0 Å². The van der Waals surface area contributed by atoms with Crippen molar-refractivity contribution < 1.29 is 9.59 Å². The molecule has 0 saturated carbocycles. The molecule has 2 unspecified atom stereocenters. The topological polar surface area (TPSA) is 40.6 Å². The third kappa shape index (κ3) is 4.25. The molecule has 1 aliphatic rings. The van der Waals surface area contributed by atoms with Crippen LogP contribution >= 0.6 is 23.2 Å². The zero-order valence-corrected chi connectivity index (χ0v) is 19.3. The highest BCUT2D eigenvalue weighted by Gasteiger charge is 2.49. The van der Waals surface area contributed by atoms with Crippen LogP contribution in [0.15, 0.2) is 78.9 Å². The van der Waals surface area contributed by atoms with Crippen LogP contribution in [0.2, 0.25) is 10.0 Å². The Morgan fingerprint density at radius 1 is 0.906 bits per heavy atom. The number of nitrogens with zero attached hydrogens (tertiary/aromatic N) is 2. The Bertz CT molecular complexity index is 1110. The molecular weight excluding hydrogens is 443 g/mol. The van der Waals surface area contributed by atoms with Crippen LogP contribution in [0, 0.1) is 0 Å². The van der Waals surface area contributed by atoms with E-state index in [1.807, 2.05) is 73.7 Å². The fraction of sp³-hybridized carbons (Fsp3) is 0.231. The van der Waals surface area contributed by atoms with Gasteiger partial charge in [0, 0.05) is 25.7 Å².